The molecule has 1 heterocycles. The van der Waals surface area contributed by atoms with E-state index in [0.717, 1.165) is 38.6 Å². The normalized spacial score (nSPS) is 18.4. The van der Waals surface area contributed by atoms with Gasteiger partial charge in [-0.25, -0.2) is 0 Å². The van der Waals surface area contributed by atoms with Gasteiger partial charge in [0.1, 0.15) is 0 Å². The maximum absolute atomic E-state index is 12.4. The molecule has 1 aromatic heterocycles. The second-order valence-corrected chi connectivity index (χ2v) is 5.67. The summed E-state index contributed by atoms with van der Waals surface area (Å²) >= 11 is 0. The molecule has 0 aliphatic heterocycles. The molecule has 0 radical (unpaired) electrons. The quantitative estimate of drug-likeness (QED) is 0.603. The smallest absolute Gasteiger partial charge is 0.227 e. The highest BCUT2D eigenvalue weighted by Crippen LogP contribution is 2.34. The van der Waals surface area contributed by atoms with Crippen molar-refractivity contribution in [1.82, 2.24) is 20.3 Å². The van der Waals surface area contributed by atoms with Crippen molar-refractivity contribution in [2.24, 2.45) is 11.1 Å². The fraction of sp³-hybridized carbons (Fsp3) is 0.786. The Bertz CT molecular complexity index is 396. The van der Waals surface area contributed by atoms with Gasteiger partial charge in [-0.3, -0.25) is 9.48 Å². The zero-order valence-corrected chi connectivity index (χ0v) is 12.1. The molecule has 1 saturated carbocycles. The molecule has 0 atom stereocenters. The molecule has 3 N–H and O–H groups in total. The molecule has 0 aromatic carbocycles. The van der Waals surface area contributed by atoms with Crippen molar-refractivity contribution in [2.75, 3.05) is 13.1 Å². The molecule has 1 amide bonds. The van der Waals surface area contributed by atoms with Crippen LogP contribution in [0.1, 0.15) is 44.9 Å². The lowest BCUT2D eigenvalue weighted by Gasteiger charge is -2.29. The first-order valence-electron chi connectivity index (χ1n) is 7.59. The minimum Gasteiger partial charge on any atom is -0.356 e. The molecule has 1 aromatic rings. The summed E-state index contributed by atoms with van der Waals surface area (Å²) in [7, 11) is 0. The molecule has 112 valence electrons. The Hall–Kier alpha value is -1.43. The van der Waals surface area contributed by atoms with Crippen molar-refractivity contribution < 1.29 is 4.79 Å². The predicted molar refractivity (Wildman–Crippen MR) is 76.8 cm³/mol. The van der Waals surface area contributed by atoms with Crippen molar-refractivity contribution in [3.05, 3.63) is 12.4 Å². The summed E-state index contributed by atoms with van der Waals surface area (Å²) in [5, 5.41) is 10.7. The van der Waals surface area contributed by atoms with E-state index in [0.29, 0.717) is 13.1 Å². The standard InChI is InChI=1S/C14H25N5O/c15-12-14(6-3-1-2-4-7-14)13(20)16-8-5-10-19-11-9-17-18-19/h9,11H,1-8,10,12,15H2,(H,16,20). The van der Waals surface area contributed by atoms with E-state index in [1.54, 1.807) is 10.9 Å². The first-order chi connectivity index (χ1) is 9.77. The highest BCUT2D eigenvalue weighted by atomic mass is 16.2. The molecule has 20 heavy (non-hydrogen) atoms. The van der Waals surface area contributed by atoms with Crippen LogP contribution in [0.15, 0.2) is 12.4 Å². The lowest BCUT2D eigenvalue weighted by molar-refractivity contribution is -0.131. The molecule has 1 aliphatic carbocycles. The van der Waals surface area contributed by atoms with Crippen LogP contribution in [0.4, 0.5) is 0 Å². The fourth-order valence-electron chi connectivity index (χ4n) is 2.91. The van der Waals surface area contributed by atoms with Crippen molar-refractivity contribution in [1.29, 1.82) is 0 Å². The summed E-state index contributed by atoms with van der Waals surface area (Å²) < 4.78 is 1.77. The van der Waals surface area contributed by atoms with Gasteiger partial charge < -0.3 is 11.1 Å². The average molecular weight is 279 g/mol. The number of carbonyl (C=O) groups excluding carboxylic acids is 1. The van der Waals surface area contributed by atoms with Crippen molar-refractivity contribution >= 4 is 5.91 Å². The molecular weight excluding hydrogens is 254 g/mol. The summed E-state index contributed by atoms with van der Waals surface area (Å²) in [4.78, 5) is 12.4. The average Bonchev–Trinajstić information content (AvgIpc) is 2.86. The van der Waals surface area contributed by atoms with Crippen LogP contribution >= 0.6 is 0 Å². The third-order valence-electron chi connectivity index (χ3n) is 4.25. The summed E-state index contributed by atoms with van der Waals surface area (Å²) in [6.07, 6.45) is 10.9. The summed E-state index contributed by atoms with van der Waals surface area (Å²) in [6.45, 7) is 1.90. The Morgan fingerprint density at radius 1 is 1.30 bits per heavy atom. The molecule has 0 bridgehead atoms. The maximum atomic E-state index is 12.4. The fourth-order valence-corrected chi connectivity index (χ4v) is 2.91. The minimum absolute atomic E-state index is 0.139. The van der Waals surface area contributed by atoms with Gasteiger partial charge in [0.25, 0.3) is 0 Å². The molecule has 1 fully saturated rings. The summed E-state index contributed by atoms with van der Waals surface area (Å²) in [5.41, 5.74) is 5.58. The lowest BCUT2D eigenvalue weighted by Crippen LogP contribution is -2.46. The Morgan fingerprint density at radius 3 is 2.65 bits per heavy atom. The molecular formula is C14H25N5O. The van der Waals surface area contributed by atoms with Gasteiger partial charge in [0.15, 0.2) is 0 Å². The number of aromatic nitrogens is 3. The number of hydrogen-bond acceptors (Lipinski definition) is 4. The highest BCUT2D eigenvalue weighted by molar-refractivity contribution is 5.82. The number of rotatable bonds is 6. The number of amides is 1. The zero-order chi connectivity index (χ0) is 14.3. The maximum Gasteiger partial charge on any atom is 0.227 e. The highest BCUT2D eigenvalue weighted by Gasteiger charge is 2.36. The van der Waals surface area contributed by atoms with Crippen molar-refractivity contribution in [3.8, 4) is 0 Å². The van der Waals surface area contributed by atoms with E-state index >= 15 is 0 Å². The molecule has 0 spiro atoms. The van der Waals surface area contributed by atoms with Crippen LogP contribution in [-0.4, -0.2) is 34.0 Å². The SMILES string of the molecule is NCC1(C(=O)NCCCn2ccnn2)CCCCCC1. The van der Waals surface area contributed by atoms with Gasteiger partial charge in [0.05, 0.1) is 11.6 Å². The molecule has 0 saturated heterocycles. The van der Waals surface area contributed by atoms with Gasteiger partial charge in [0.2, 0.25) is 5.91 Å². The summed E-state index contributed by atoms with van der Waals surface area (Å²) in [6, 6.07) is 0. The van der Waals surface area contributed by atoms with E-state index in [2.05, 4.69) is 15.6 Å². The van der Waals surface area contributed by atoms with E-state index in [1.807, 2.05) is 6.20 Å². The lowest BCUT2D eigenvalue weighted by atomic mass is 9.79. The Labute approximate surface area is 120 Å². The van der Waals surface area contributed by atoms with Crippen LogP contribution < -0.4 is 11.1 Å². The third-order valence-corrected chi connectivity index (χ3v) is 4.25. The second-order valence-electron chi connectivity index (χ2n) is 5.67. The van der Waals surface area contributed by atoms with Gasteiger partial charge >= 0.3 is 0 Å². The number of aryl methyl sites for hydroxylation is 1. The number of hydrogen-bond donors (Lipinski definition) is 2. The van der Waals surface area contributed by atoms with Gasteiger partial charge in [-0.1, -0.05) is 30.9 Å². The molecule has 6 heteroatoms. The predicted octanol–water partition coefficient (Wildman–Crippen LogP) is 1.08. The van der Waals surface area contributed by atoms with E-state index in [9.17, 15) is 4.79 Å². The van der Waals surface area contributed by atoms with Crippen LogP contribution in [0.3, 0.4) is 0 Å². The summed E-state index contributed by atoms with van der Waals surface area (Å²) in [5.74, 6) is 0.139. The van der Waals surface area contributed by atoms with Crippen LogP contribution in [0.5, 0.6) is 0 Å². The number of nitrogens with two attached hydrogens (primary N) is 1. The Balaban J connectivity index is 1.77. The minimum atomic E-state index is -0.330. The Kier molecular flexibility index (Phi) is 5.52. The largest absolute Gasteiger partial charge is 0.356 e. The molecule has 0 unspecified atom stereocenters. The van der Waals surface area contributed by atoms with Gasteiger partial charge in [-0.05, 0) is 19.3 Å². The van der Waals surface area contributed by atoms with E-state index < -0.39 is 0 Å². The third kappa shape index (κ3) is 3.79. The first kappa shape index (κ1) is 15.0. The van der Waals surface area contributed by atoms with Gasteiger partial charge in [-0.15, -0.1) is 5.10 Å². The zero-order valence-electron chi connectivity index (χ0n) is 12.1. The molecule has 2 rings (SSSR count). The van der Waals surface area contributed by atoms with Crippen molar-refractivity contribution in [2.45, 2.75) is 51.5 Å². The van der Waals surface area contributed by atoms with E-state index in [-0.39, 0.29) is 11.3 Å². The number of nitrogens with zero attached hydrogens (tertiary/aromatic N) is 3. The number of carbonyl (C=O) groups is 1. The topological polar surface area (TPSA) is 85.8 Å². The molecule has 1 aliphatic rings. The number of nitrogens with one attached hydrogen (secondary N) is 1. The van der Waals surface area contributed by atoms with Gasteiger partial charge in [-0.2, -0.15) is 0 Å². The Morgan fingerprint density at radius 2 is 2.05 bits per heavy atom. The van der Waals surface area contributed by atoms with Gasteiger partial charge in [0, 0.05) is 25.8 Å². The van der Waals surface area contributed by atoms with Crippen LogP contribution in [0.25, 0.3) is 0 Å². The second kappa shape index (κ2) is 7.38. The van der Waals surface area contributed by atoms with Crippen LogP contribution in [0, 0.1) is 5.41 Å². The monoisotopic (exact) mass is 279 g/mol. The molecule has 6 nitrogen and oxygen atoms in total. The van der Waals surface area contributed by atoms with E-state index in [1.165, 1.54) is 12.8 Å². The van der Waals surface area contributed by atoms with Crippen LogP contribution in [-0.2, 0) is 11.3 Å². The van der Waals surface area contributed by atoms with Crippen molar-refractivity contribution in [3.63, 3.8) is 0 Å². The first-order valence-corrected chi connectivity index (χ1v) is 7.59. The van der Waals surface area contributed by atoms with Crippen LogP contribution in [0.2, 0.25) is 0 Å². The van der Waals surface area contributed by atoms with E-state index in [4.69, 9.17) is 5.73 Å².